The molecule has 1 aromatic rings. The minimum Gasteiger partial charge on any atom is -0.389 e. The minimum absolute atomic E-state index is 0.170. The summed E-state index contributed by atoms with van der Waals surface area (Å²) in [4.78, 5) is 0. The third-order valence-electron chi connectivity index (χ3n) is 3.33. The Balaban J connectivity index is 2.70. The van der Waals surface area contributed by atoms with E-state index in [1.165, 1.54) is 0 Å². The van der Waals surface area contributed by atoms with Gasteiger partial charge in [0.25, 0.3) is 0 Å². The zero-order valence-electron chi connectivity index (χ0n) is 12.7. The first-order valence-corrected chi connectivity index (χ1v) is 7.91. The molecule has 0 radical (unpaired) electrons. The summed E-state index contributed by atoms with van der Waals surface area (Å²) in [5, 5.41) is 14.9. The Morgan fingerprint density at radius 1 is 1.25 bits per heavy atom. The highest BCUT2D eigenvalue weighted by atomic mass is 35.5. The molecule has 0 saturated carbocycles. The lowest BCUT2D eigenvalue weighted by Crippen LogP contribution is -2.40. The maximum absolute atomic E-state index is 10.4. The Hall–Kier alpha value is -0.280. The van der Waals surface area contributed by atoms with Gasteiger partial charge in [0, 0.05) is 12.6 Å². The van der Waals surface area contributed by atoms with Gasteiger partial charge in [0.05, 0.1) is 15.6 Å². The van der Waals surface area contributed by atoms with Crippen molar-refractivity contribution in [2.24, 2.45) is 5.92 Å². The largest absolute Gasteiger partial charge is 0.389 e. The van der Waals surface area contributed by atoms with E-state index in [-0.39, 0.29) is 6.04 Å². The molecule has 2 atom stereocenters. The normalized spacial score (nSPS) is 16.2. The van der Waals surface area contributed by atoms with Crippen LogP contribution < -0.4 is 5.32 Å². The molecule has 1 aromatic carbocycles. The SMILES string of the molecule is CCC(NCC(C)(O)CC(C)C)c1ccc(Cl)c(Cl)c1. The van der Waals surface area contributed by atoms with Crippen LogP contribution in [0.25, 0.3) is 0 Å². The lowest BCUT2D eigenvalue weighted by Gasteiger charge is -2.28. The third kappa shape index (κ3) is 5.61. The second-order valence-corrected chi connectivity index (χ2v) is 6.92. The lowest BCUT2D eigenvalue weighted by atomic mass is 9.93. The van der Waals surface area contributed by atoms with Gasteiger partial charge in [0.2, 0.25) is 0 Å². The Labute approximate surface area is 132 Å². The van der Waals surface area contributed by atoms with Gasteiger partial charge in [0.15, 0.2) is 0 Å². The van der Waals surface area contributed by atoms with E-state index >= 15 is 0 Å². The van der Waals surface area contributed by atoms with Crippen molar-refractivity contribution < 1.29 is 5.11 Å². The molecule has 0 fully saturated rings. The highest BCUT2D eigenvalue weighted by molar-refractivity contribution is 6.42. The lowest BCUT2D eigenvalue weighted by molar-refractivity contribution is 0.0357. The molecule has 1 rings (SSSR count). The summed E-state index contributed by atoms with van der Waals surface area (Å²) < 4.78 is 0. The molecule has 0 aliphatic rings. The van der Waals surface area contributed by atoms with Crippen molar-refractivity contribution >= 4 is 23.2 Å². The summed E-state index contributed by atoms with van der Waals surface area (Å²) in [5.74, 6) is 0.469. The van der Waals surface area contributed by atoms with E-state index in [1.54, 1.807) is 0 Å². The fourth-order valence-electron chi connectivity index (χ4n) is 2.52. The first-order chi connectivity index (χ1) is 9.25. The molecule has 20 heavy (non-hydrogen) atoms. The van der Waals surface area contributed by atoms with Crippen LogP contribution in [-0.2, 0) is 0 Å². The van der Waals surface area contributed by atoms with Gasteiger partial charge < -0.3 is 10.4 Å². The van der Waals surface area contributed by atoms with Gasteiger partial charge in [0.1, 0.15) is 0 Å². The molecule has 2 N–H and O–H groups in total. The molecule has 0 spiro atoms. The van der Waals surface area contributed by atoms with Gasteiger partial charge in [-0.25, -0.2) is 0 Å². The van der Waals surface area contributed by atoms with E-state index in [2.05, 4.69) is 26.1 Å². The van der Waals surface area contributed by atoms with Crippen LogP contribution in [0.4, 0.5) is 0 Å². The van der Waals surface area contributed by atoms with E-state index in [0.29, 0.717) is 22.5 Å². The zero-order valence-corrected chi connectivity index (χ0v) is 14.2. The minimum atomic E-state index is -0.697. The topological polar surface area (TPSA) is 32.3 Å². The van der Waals surface area contributed by atoms with Crippen LogP contribution in [0.5, 0.6) is 0 Å². The molecule has 114 valence electrons. The van der Waals surface area contributed by atoms with Crippen molar-refractivity contribution in [2.75, 3.05) is 6.54 Å². The summed E-state index contributed by atoms with van der Waals surface area (Å²) in [6, 6.07) is 5.85. The molecule has 4 heteroatoms. The Morgan fingerprint density at radius 2 is 1.90 bits per heavy atom. The molecule has 0 amide bonds. The molecule has 0 saturated heterocycles. The Kier molecular flexibility index (Phi) is 6.80. The number of aliphatic hydroxyl groups is 1. The number of halogens is 2. The molecule has 2 unspecified atom stereocenters. The highest BCUT2D eigenvalue weighted by Gasteiger charge is 2.23. The predicted octanol–water partition coefficient (Wildman–Crippen LogP) is 4.83. The van der Waals surface area contributed by atoms with Crippen LogP contribution in [0.1, 0.15) is 52.1 Å². The molecule has 0 aromatic heterocycles. The van der Waals surface area contributed by atoms with E-state index in [4.69, 9.17) is 23.2 Å². The Morgan fingerprint density at radius 3 is 2.40 bits per heavy atom. The smallest absolute Gasteiger partial charge is 0.0746 e. The van der Waals surface area contributed by atoms with Crippen LogP contribution in [0.15, 0.2) is 18.2 Å². The van der Waals surface area contributed by atoms with Gasteiger partial charge >= 0.3 is 0 Å². The maximum atomic E-state index is 10.4. The van der Waals surface area contributed by atoms with Gasteiger partial charge in [-0.3, -0.25) is 0 Å². The second-order valence-electron chi connectivity index (χ2n) is 6.11. The maximum Gasteiger partial charge on any atom is 0.0746 e. The number of hydrogen-bond donors (Lipinski definition) is 2. The first-order valence-electron chi connectivity index (χ1n) is 7.16. The van der Waals surface area contributed by atoms with Crippen molar-refractivity contribution in [1.29, 1.82) is 0 Å². The van der Waals surface area contributed by atoms with Crippen LogP contribution in [-0.4, -0.2) is 17.3 Å². The van der Waals surface area contributed by atoms with Gasteiger partial charge in [-0.2, -0.15) is 0 Å². The first kappa shape index (κ1) is 17.8. The molecule has 0 aliphatic heterocycles. The predicted molar refractivity (Wildman–Crippen MR) is 87.6 cm³/mol. The number of hydrogen-bond acceptors (Lipinski definition) is 2. The average Bonchev–Trinajstić information content (AvgIpc) is 2.32. The van der Waals surface area contributed by atoms with E-state index in [9.17, 15) is 5.11 Å². The molecule has 0 bridgehead atoms. The van der Waals surface area contributed by atoms with E-state index < -0.39 is 5.60 Å². The summed E-state index contributed by atoms with van der Waals surface area (Å²) in [5.41, 5.74) is 0.403. The number of benzene rings is 1. The molecule has 2 nitrogen and oxygen atoms in total. The molecular weight excluding hydrogens is 293 g/mol. The highest BCUT2D eigenvalue weighted by Crippen LogP contribution is 2.27. The summed E-state index contributed by atoms with van der Waals surface area (Å²) in [6.45, 7) is 8.78. The van der Waals surface area contributed by atoms with Crippen LogP contribution in [0, 0.1) is 5.92 Å². The summed E-state index contributed by atoms with van der Waals surface area (Å²) >= 11 is 12.0. The van der Waals surface area contributed by atoms with Crippen molar-refractivity contribution in [2.45, 2.75) is 52.2 Å². The van der Waals surface area contributed by atoms with Crippen LogP contribution >= 0.6 is 23.2 Å². The second kappa shape index (κ2) is 7.65. The van der Waals surface area contributed by atoms with Crippen molar-refractivity contribution in [3.05, 3.63) is 33.8 Å². The quantitative estimate of drug-likeness (QED) is 0.754. The zero-order chi connectivity index (χ0) is 15.3. The van der Waals surface area contributed by atoms with Gasteiger partial charge in [-0.1, -0.05) is 50.0 Å². The van der Waals surface area contributed by atoms with Crippen molar-refractivity contribution in [1.82, 2.24) is 5.32 Å². The van der Waals surface area contributed by atoms with Crippen LogP contribution in [0.2, 0.25) is 10.0 Å². The number of rotatable bonds is 7. The summed E-state index contributed by atoms with van der Waals surface area (Å²) in [6.07, 6.45) is 1.70. The monoisotopic (exact) mass is 317 g/mol. The van der Waals surface area contributed by atoms with E-state index in [1.807, 2.05) is 25.1 Å². The fourth-order valence-corrected chi connectivity index (χ4v) is 2.83. The molecule has 0 aliphatic carbocycles. The third-order valence-corrected chi connectivity index (χ3v) is 4.07. The van der Waals surface area contributed by atoms with Crippen molar-refractivity contribution in [3.8, 4) is 0 Å². The Bertz CT molecular complexity index is 432. The van der Waals surface area contributed by atoms with Crippen molar-refractivity contribution in [3.63, 3.8) is 0 Å². The summed E-state index contributed by atoms with van der Waals surface area (Å²) in [7, 11) is 0. The van der Waals surface area contributed by atoms with Gasteiger partial charge in [-0.05, 0) is 43.4 Å². The number of nitrogens with one attached hydrogen (secondary N) is 1. The molecular formula is C16H25Cl2NO. The van der Waals surface area contributed by atoms with Gasteiger partial charge in [-0.15, -0.1) is 0 Å². The standard InChI is InChI=1S/C16H25Cl2NO/c1-5-15(12-6-7-13(17)14(18)8-12)19-10-16(4,20)9-11(2)3/h6-8,11,15,19-20H,5,9-10H2,1-4H3. The van der Waals surface area contributed by atoms with Crippen LogP contribution in [0.3, 0.4) is 0 Å². The average molecular weight is 318 g/mol. The fraction of sp³-hybridized carbons (Fsp3) is 0.625. The van der Waals surface area contributed by atoms with E-state index in [0.717, 1.165) is 18.4 Å². The molecule has 0 heterocycles.